The van der Waals surface area contributed by atoms with Crippen molar-refractivity contribution in [2.45, 2.75) is 12.5 Å². The van der Waals surface area contributed by atoms with Crippen LogP contribution in [-0.2, 0) is 18.3 Å². The number of hydrogen-bond donors (Lipinski definition) is 1. The second-order valence-corrected chi connectivity index (χ2v) is 3.12. The van der Waals surface area contributed by atoms with Gasteiger partial charge in [0.25, 0.3) is 5.56 Å². The van der Waals surface area contributed by atoms with E-state index in [4.69, 9.17) is 5.26 Å². The van der Waals surface area contributed by atoms with Gasteiger partial charge in [-0.25, -0.2) is 0 Å². The molecule has 1 heterocycles. The highest BCUT2D eigenvalue weighted by atomic mass is 16.1. The van der Waals surface area contributed by atoms with Crippen molar-refractivity contribution >= 4 is 6.41 Å². The minimum absolute atomic E-state index is 0.148. The lowest BCUT2D eigenvalue weighted by atomic mass is 10.1. The zero-order valence-corrected chi connectivity index (χ0v) is 8.30. The number of amides is 1. The fourth-order valence-electron chi connectivity index (χ4n) is 1.25. The van der Waals surface area contributed by atoms with Gasteiger partial charge in [0.1, 0.15) is 6.04 Å². The van der Waals surface area contributed by atoms with Gasteiger partial charge < -0.3 is 9.88 Å². The Morgan fingerprint density at radius 3 is 3.07 bits per heavy atom. The van der Waals surface area contributed by atoms with Gasteiger partial charge in [-0.15, -0.1) is 0 Å². The molecular formula is C10H11N3O2. The Morgan fingerprint density at radius 2 is 2.47 bits per heavy atom. The molecule has 0 aromatic carbocycles. The number of aromatic nitrogens is 1. The molecule has 15 heavy (non-hydrogen) atoms. The summed E-state index contributed by atoms with van der Waals surface area (Å²) in [5.74, 6) is 0. The number of carbonyl (C=O) groups excluding carboxylic acids is 1. The highest BCUT2D eigenvalue weighted by Gasteiger charge is 2.09. The molecule has 5 nitrogen and oxygen atoms in total. The number of pyridine rings is 1. The summed E-state index contributed by atoms with van der Waals surface area (Å²) in [6.45, 7) is 0. The summed E-state index contributed by atoms with van der Waals surface area (Å²) in [6, 6.07) is 4.63. The molecule has 0 bridgehead atoms. The van der Waals surface area contributed by atoms with Crippen LogP contribution >= 0.6 is 0 Å². The Hall–Kier alpha value is -2.09. The standard InChI is InChI=1S/C10H11N3O2/c1-13-4-2-3-8(10(13)15)5-9(6-11)12-7-14/h2-4,7,9H,5H2,1H3,(H,12,14). The monoisotopic (exact) mass is 205 g/mol. The highest BCUT2D eigenvalue weighted by Crippen LogP contribution is 1.96. The van der Waals surface area contributed by atoms with E-state index >= 15 is 0 Å². The molecule has 0 aliphatic rings. The number of hydrogen-bond acceptors (Lipinski definition) is 3. The van der Waals surface area contributed by atoms with Crippen molar-refractivity contribution in [2.24, 2.45) is 7.05 Å². The highest BCUT2D eigenvalue weighted by molar-refractivity contribution is 5.47. The third-order valence-corrected chi connectivity index (χ3v) is 2.05. The normalized spacial score (nSPS) is 11.5. The van der Waals surface area contributed by atoms with Crippen molar-refractivity contribution in [1.29, 1.82) is 5.26 Å². The molecule has 78 valence electrons. The van der Waals surface area contributed by atoms with Crippen LogP contribution in [0.5, 0.6) is 0 Å². The number of nitrogens with zero attached hydrogens (tertiary/aromatic N) is 2. The Labute approximate surface area is 87.0 Å². The van der Waals surface area contributed by atoms with E-state index in [1.807, 2.05) is 6.07 Å². The van der Waals surface area contributed by atoms with Gasteiger partial charge in [0.15, 0.2) is 0 Å². The summed E-state index contributed by atoms with van der Waals surface area (Å²) in [6.07, 6.45) is 2.32. The van der Waals surface area contributed by atoms with Crippen LogP contribution in [0.1, 0.15) is 5.56 Å². The summed E-state index contributed by atoms with van der Waals surface area (Å²) >= 11 is 0. The number of nitriles is 1. The molecule has 1 N–H and O–H groups in total. The number of aryl methyl sites for hydroxylation is 1. The van der Waals surface area contributed by atoms with Gasteiger partial charge in [-0.05, 0) is 6.07 Å². The van der Waals surface area contributed by atoms with E-state index < -0.39 is 6.04 Å². The molecular weight excluding hydrogens is 194 g/mol. The SMILES string of the molecule is Cn1cccc(CC(C#N)NC=O)c1=O. The minimum Gasteiger partial charge on any atom is -0.343 e. The van der Waals surface area contributed by atoms with Gasteiger partial charge in [0, 0.05) is 25.2 Å². The maximum atomic E-state index is 11.6. The zero-order chi connectivity index (χ0) is 11.3. The van der Waals surface area contributed by atoms with Crippen LogP contribution < -0.4 is 10.9 Å². The first-order valence-electron chi connectivity index (χ1n) is 4.43. The van der Waals surface area contributed by atoms with Crippen LogP contribution in [0.15, 0.2) is 23.1 Å². The van der Waals surface area contributed by atoms with Crippen molar-refractivity contribution in [3.05, 3.63) is 34.2 Å². The van der Waals surface area contributed by atoms with Crippen LogP contribution in [-0.4, -0.2) is 17.0 Å². The largest absolute Gasteiger partial charge is 0.343 e. The molecule has 0 spiro atoms. The van der Waals surface area contributed by atoms with Gasteiger partial charge in [0.2, 0.25) is 6.41 Å². The van der Waals surface area contributed by atoms with Crippen molar-refractivity contribution < 1.29 is 4.79 Å². The molecule has 1 aromatic heterocycles. The zero-order valence-electron chi connectivity index (χ0n) is 8.30. The lowest BCUT2D eigenvalue weighted by molar-refractivity contribution is -0.109. The van der Waals surface area contributed by atoms with Gasteiger partial charge >= 0.3 is 0 Å². The predicted molar refractivity (Wildman–Crippen MR) is 54.0 cm³/mol. The third kappa shape index (κ3) is 2.68. The van der Waals surface area contributed by atoms with E-state index in [1.54, 1.807) is 25.4 Å². The molecule has 1 amide bonds. The summed E-state index contributed by atoms with van der Waals surface area (Å²) in [5.41, 5.74) is 0.367. The molecule has 0 aliphatic heterocycles. The number of nitrogens with one attached hydrogen (secondary N) is 1. The Balaban J connectivity index is 2.89. The molecule has 1 aromatic rings. The molecule has 0 fully saturated rings. The average molecular weight is 205 g/mol. The second-order valence-electron chi connectivity index (χ2n) is 3.12. The lowest BCUT2D eigenvalue weighted by Crippen LogP contribution is -2.31. The van der Waals surface area contributed by atoms with Crippen molar-refractivity contribution in [3.63, 3.8) is 0 Å². The van der Waals surface area contributed by atoms with E-state index in [0.717, 1.165) is 0 Å². The third-order valence-electron chi connectivity index (χ3n) is 2.05. The molecule has 1 unspecified atom stereocenters. The topological polar surface area (TPSA) is 74.9 Å². The first-order chi connectivity index (χ1) is 7.19. The van der Waals surface area contributed by atoms with Crippen LogP contribution in [0.4, 0.5) is 0 Å². The minimum atomic E-state index is -0.655. The van der Waals surface area contributed by atoms with Crippen LogP contribution in [0.2, 0.25) is 0 Å². The van der Waals surface area contributed by atoms with Crippen molar-refractivity contribution in [3.8, 4) is 6.07 Å². The van der Waals surface area contributed by atoms with Crippen molar-refractivity contribution in [2.75, 3.05) is 0 Å². The Morgan fingerprint density at radius 1 is 1.73 bits per heavy atom. The summed E-state index contributed by atoms with van der Waals surface area (Å²) in [5, 5.41) is 11.0. The van der Waals surface area contributed by atoms with Crippen LogP contribution in [0, 0.1) is 11.3 Å². The second kappa shape index (κ2) is 4.96. The summed E-state index contributed by atoms with van der Waals surface area (Å²) < 4.78 is 1.44. The number of carbonyl (C=O) groups is 1. The van der Waals surface area contributed by atoms with Gasteiger partial charge in [-0.3, -0.25) is 9.59 Å². The smallest absolute Gasteiger partial charge is 0.253 e. The molecule has 0 saturated carbocycles. The first-order valence-corrected chi connectivity index (χ1v) is 4.43. The van der Waals surface area contributed by atoms with Gasteiger partial charge in [-0.2, -0.15) is 5.26 Å². The molecule has 0 aliphatic carbocycles. The van der Waals surface area contributed by atoms with E-state index in [-0.39, 0.29) is 12.0 Å². The lowest BCUT2D eigenvalue weighted by Gasteiger charge is -2.07. The molecule has 1 rings (SSSR count). The maximum Gasteiger partial charge on any atom is 0.253 e. The molecule has 5 heteroatoms. The van der Waals surface area contributed by atoms with Crippen LogP contribution in [0.3, 0.4) is 0 Å². The van der Waals surface area contributed by atoms with E-state index in [2.05, 4.69) is 5.32 Å². The fraction of sp³-hybridized carbons (Fsp3) is 0.300. The van der Waals surface area contributed by atoms with Gasteiger partial charge in [-0.1, -0.05) is 6.07 Å². The van der Waals surface area contributed by atoms with Crippen LogP contribution in [0.25, 0.3) is 0 Å². The Bertz CT molecular complexity index is 445. The quantitative estimate of drug-likeness (QED) is 0.677. The van der Waals surface area contributed by atoms with E-state index in [0.29, 0.717) is 12.0 Å². The fourth-order valence-corrected chi connectivity index (χ4v) is 1.25. The summed E-state index contributed by atoms with van der Waals surface area (Å²) in [4.78, 5) is 21.7. The molecule has 0 radical (unpaired) electrons. The van der Waals surface area contributed by atoms with Gasteiger partial charge in [0.05, 0.1) is 6.07 Å². The Kier molecular flexibility index (Phi) is 3.63. The summed E-state index contributed by atoms with van der Waals surface area (Å²) in [7, 11) is 1.64. The molecule has 1 atom stereocenters. The number of rotatable bonds is 4. The predicted octanol–water partition coefficient (Wildman–Crippen LogP) is -0.434. The van der Waals surface area contributed by atoms with Crippen molar-refractivity contribution in [1.82, 2.24) is 9.88 Å². The van der Waals surface area contributed by atoms with E-state index in [9.17, 15) is 9.59 Å². The maximum absolute atomic E-state index is 11.6. The van der Waals surface area contributed by atoms with E-state index in [1.165, 1.54) is 4.57 Å². The average Bonchev–Trinajstić information content (AvgIpc) is 2.24. The first kappa shape index (κ1) is 11.0. The molecule has 0 saturated heterocycles.